The summed E-state index contributed by atoms with van der Waals surface area (Å²) in [6.07, 6.45) is 0.771. The van der Waals surface area contributed by atoms with Crippen LogP contribution in [0.1, 0.15) is 6.42 Å². The molecular formula is C4H7IO2. The first-order valence-corrected chi connectivity index (χ1v) is 3.28. The summed E-state index contributed by atoms with van der Waals surface area (Å²) in [7, 11) is 0. The maximum Gasteiger partial charge on any atom is 0.141 e. The van der Waals surface area contributed by atoms with Gasteiger partial charge in [0.25, 0.3) is 0 Å². The van der Waals surface area contributed by atoms with Crippen molar-refractivity contribution in [3.63, 3.8) is 0 Å². The molecule has 1 aliphatic rings. The molecule has 1 aliphatic heterocycles. The van der Waals surface area contributed by atoms with E-state index >= 15 is 0 Å². The van der Waals surface area contributed by atoms with Gasteiger partial charge in [-0.3, -0.25) is 0 Å². The standard InChI is InChI=1S/C4H7IO2/c5-4(6)1-2-7-3-4/h6H,1-3H2/t4-/m1/s1. The van der Waals surface area contributed by atoms with Crippen LogP contribution in [-0.2, 0) is 4.74 Å². The SMILES string of the molecule is O[C@]1(I)CCOC1. The van der Waals surface area contributed by atoms with E-state index in [-0.39, 0.29) is 0 Å². The molecule has 3 heteroatoms. The largest absolute Gasteiger partial charge is 0.377 e. The van der Waals surface area contributed by atoms with Crippen LogP contribution < -0.4 is 0 Å². The average Bonchev–Trinajstić information content (AvgIpc) is 1.84. The van der Waals surface area contributed by atoms with Gasteiger partial charge in [-0.1, -0.05) is 0 Å². The van der Waals surface area contributed by atoms with Crippen LogP contribution in [0.5, 0.6) is 0 Å². The van der Waals surface area contributed by atoms with Gasteiger partial charge in [-0.2, -0.15) is 0 Å². The second-order valence-electron chi connectivity index (χ2n) is 1.72. The topological polar surface area (TPSA) is 29.5 Å². The summed E-state index contributed by atoms with van der Waals surface area (Å²) in [5.41, 5.74) is 0. The summed E-state index contributed by atoms with van der Waals surface area (Å²) in [5.74, 6) is 0. The Hall–Kier alpha value is 0.650. The number of rotatable bonds is 0. The number of aliphatic hydroxyl groups is 1. The Bertz CT molecular complexity index is 64.1. The molecule has 2 nitrogen and oxygen atoms in total. The van der Waals surface area contributed by atoms with Crippen molar-refractivity contribution in [2.24, 2.45) is 0 Å². The lowest BCUT2D eigenvalue weighted by molar-refractivity contribution is 0.115. The van der Waals surface area contributed by atoms with Crippen molar-refractivity contribution in [2.45, 2.75) is 10.0 Å². The highest BCUT2D eigenvalue weighted by Crippen LogP contribution is 2.24. The molecule has 0 radical (unpaired) electrons. The number of alkyl halides is 1. The third-order valence-electron chi connectivity index (χ3n) is 0.953. The number of hydrogen-bond acceptors (Lipinski definition) is 2. The van der Waals surface area contributed by atoms with E-state index in [1.807, 2.05) is 22.6 Å². The molecule has 1 rings (SSSR count). The Morgan fingerprint density at radius 3 is 2.57 bits per heavy atom. The van der Waals surface area contributed by atoms with Crippen LogP contribution >= 0.6 is 22.6 Å². The summed E-state index contributed by atoms with van der Waals surface area (Å²) in [6.45, 7) is 1.20. The highest BCUT2D eigenvalue weighted by molar-refractivity contribution is 14.1. The molecule has 1 saturated heterocycles. The molecular weight excluding hydrogens is 207 g/mol. The predicted octanol–water partition coefficient (Wildman–Crippen LogP) is 0.530. The lowest BCUT2D eigenvalue weighted by Gasteiger charge is -2.07. The first-order chi connectivity index (χ1) is 3.21. The minimum absolute atomic E-state index is 0.494. The van der Waals surface area contributed by atoms with Crippen molar-refractivity contribution in [2.75, 3.05) is 13.2 Å². The van der Waals surface area contributed by atoms with Gasteiger partial charge in [0.05, 0.1) is 13.2 Å². The Labute approximate surface area is 56.0 Å². The summed E-state index contributed by atoms with van der Waals surface area (Å²) in [4.78, 5) is 0. The molecule has 0 saturated carbocycles. The Kier molecular flexibility index (Phi) is 1.55. The van der Waals surface area contributed by atoms with E-state index in [9.17, 15) is 0 Å². The van der Waals surface area contributed by atoms with Crippen LogP contribution in [0.25, 0.3) is 0 Å². The zero-order chi connectivity index (χ0) is 5.33. The molecule has 0 aromatic carbocycles. The van der Waals surface area contributed by atoms with Crippen molar-refractivity contribution >= 4 is 22.6 Å². The summed E-state index contributed by atoms with van der Waals surface area (Å²) in [6, 6.07) is 0. The fourth-order valence-corrected chi connectivity index (χ4v) is 0.970. The minimum Gasteiger partial charge on any atom is -0.377 e. The molecule has 0 unspecified atom stereocenters. The highest BCUT2D eigenvalue weighted by atomic mass is 127. The molecule has 0 spiro atoms. The van der Waals surface area contributed by atoms with E-state index in [1.54, 1.807) is 0 Å². The fourth-order valence-electron chi connectivity index (χ4n) is 0.529. The molecule has 0 bridgehead atoms. The van der Waals surface area contributed by atoms with Crippen LogP contribution in [0.15, 0.2) is 0 Å². The van der Waals surface area contributed by atoms with Crippen LogP contribution in [-0.4, -0.2) is 21.9 Å². The van der Waals surface area contributed by atoms with E-state index in [2.05, 4.69) is 0 Å². The van der Waals surface area contributed by atoms with Gasteiger partial charge in [0.15, 0.2) is 0 Å². The van der Waals surface area contributed by atoms with Gasteiger partial charge >= 0.3 is 0 Å². The number of ether oxygens (including phenoxy) is 1. The van der Waals surface area contributed by atoms with Gasteiger partial charge in [-0.05, 0) is 22.6 Å². The molecule has 0 amide bonds. The summed E-state index contributed by atoms with van der Waals surface area (Å²) in [5, 5.41) is 9.06. The zero-order valence-corrected chi connectivity index (χ0v) is 6.01. The Morgan fingerprint density at radius 1 is 1.71 bits per heavy atom. The smallest absolute Gasteiger partial charge is 0.141 e. The van der Waals surface area contributed by atoms with Crippen LogP contribution in [0.3, 0.4) is 0 Å². The lowest BCUT2D eigenvalue weighted by atomic mass is 10.3. The van der Waals surface area contributed by atoms with Gasteiger partial charge in [0.2, 0.25) is 0 Å². The monoisotopic (exact) mass is 214 g/mol. The van der Waals surface area contributed by atoms with E-state index in [4.69, 9.17) is 9.84 Å². The fraction of sp³-hybridized carbons (Fsp3) is 1.00. The summed E-state index contributed by atoms with van der Waals surface area (Å²) >= 11 is 2.00. The van der Waals surface area contributed by atoms with Crippen molar-refractivity contribution in [1.82, 2.24) is 0 Å². The van der Waals surface area contributed by atoms with Crippen molar-refractivity contribution < 1.29 is 9.84 Å². The van der Waals surface area contributed by atoms with Gasteiger partial charge in [0.1, 0.15) is 3.61 Å². The lowest BCUT2D eigenvalue weighted by Crippen LogP contribution is -2.17. The van der Waals surface area contributed by atoms with E-state index in [0.29, 0.717) is 13.2 Å². The second kappa shape index (κ2) is 1.87. The molecule has 7 heavy (non-hydrogen) atoms. The highest BCUT2D eigenvalue weighted by Gasteiger charge is 2.27. The Balaban J connectivity index is 2.40. The van der Waals surface area contributed by atoms with Gasteiger partial charge in [-0.15, -0.1) is 0 Å². The van der Waals surface area contributed by atoms with Gasteiger partial charge in [-0.25, -0.2) is 0 Å². The molecule has 0 aromatic heterocycles. The van der Waals surface area contributed by atoms with Crippen LogP contribution in [0.4, 0.5) is 0 Å². The first-order valence-electron chi connectivity index (χ1n) is 2.20. The second-order valence-corrected chi connectivity index (χ2v) is 3.73. The molecule has 1 heterocycles. The normalized spacial score (nSPS) is 42.0. The van der Waals surface area contributed by atoms with Crippen molar-refractivity contribution in [3.8, 4) is 0 Å². The maximum absolute atomic E-state index is 9.06. The first kappa shape index (κ1) is 5.78. The van der Waals surface area contributed by atoms with Gasteiger partial charge in [0, 0.05) is 6.42 Å². The van der Waals surface area contributed by atoms with Gasteiger partial charge < -0.3 is 9.84 Å². The average molecular weight is 214 g/mol. The number of hydrogen-bond donors (Lipinski definition) is 1. The molecule has 42 valence electrons. The molecule has 1 fully saturated rings. The van der Waals surface area contributed by atoms with E-state index in [1.165, 1.54) is 0 Å². The summed E-state index contributed by atoms with van der Waals surface area (Å²) < 4.78 is 4.34. The third-order valence-corrected chi connectivity index (χ3v) is 1.80. The van der Waals surface area contributed by atoms with E-state index < -0.39 is 3.61 Å². The number of halogens is 1. The zero-order valence-electron chi connectivity index (χ0n) is 3.85. The molecule has 0 aromatic rings. The van der Waals surface area contributed by atoms with E-state index in [0.717, 1.165) is 6.42 Å². The third kappa shape index (κ3) is 1.54. The van der Waals surface area contributed by atoms with Crippen molar-refractivity contribution in [3.05, 3.63) is 0 Å². The molecule has 0 aliphatic carbocycles. The maximum atomic E-state index is 9.06. The quantitative estimate of drug-likeness (QED) is 0.470. The van der Waals surface area contributed by atoms with Crippen LogP contribution in [0, 0.1) is 0 Å². The van der Waals surface area contributed by atoms with Crippen molar-refractivity contribution in [1.29, 1.82) is 0 Å². The molecule has 1 N–H and O–H groups in total. The minimum atomic E-state index is -0.558. The Morgan fingerprint density at radius 2 is 2.43 bits per heavy atom. The molecule has 1 atom stereocenters. The predicted molar refractivity (Wildman–Crippen MR) is 34.4 cm³/mol. The van der Waals surface area contributed by atoms with Crippen LogP contribution in [0.2, 0.25) is 0 Å².